The lowest BCUT2D eigenvalue weighted by Crippen LogP contribution is -2.36. The molecule has 1 aliphatic heterocycles. The van der Waals surface area contributed by atoms with Gasteiger partial charge in [-0.1, -0.05) is 29.3 Å². The van der Waals surface area contributed by atoms with Crippen molar-refractivity contribution in [3.05, 3.63) is 52.8 Å². The molecule has 1 amide bonds. The molecule has 0 spiro atoms. The maximum atomic E-state index is 12.3. The van der Waals surface area contributed by atoms with Crippen molar-refractivity contribution in [2.75, 3.05) is 23.3 Å². The first-order valence-electron chi connectivity index (χ1n) is 7.38. The number of carbonyl (C=O) groups excluding carboxylic acids is 1. The molecule has 1 aromatic heterocycles. The SMILES string of the molecule is Cc1ccc2c(c1)CCCN2CC(=O)Nc1cccnc1Cl. The van der Waals surface area contributed by atoms with Crippen LogP contribution in [0, 0.1) is 6.92 Å². The molecule has 2 heterocycles. The summed E-state index contributed by atoms with van der Waals surface area (Å²) in [4.78, 5) is 18.4. The molecule has 3 rings (SSSR count). The monoisotopic (exact) mass is 315 g/mol. The minimum atomic E-state index is -0.0803. The van der Waals surface area contributed by atoms with Crippen LogP contribution >= 0.6 is 11.6 Å². The molecule has 1 aliphatic rings. The van der Waals surface area contributed by atoms with Gasteiger partial charge in [0.05, 0.1) is 12.2 Å². The van der Waals surface area contributed by atoms with Crippen LogP contribution in [-0.4, -0.2) is 24.0 Å². The predicted molar refractivity (Wildman–Crippen MR) is 89.6 cm³/mol. The number of halogens is 1. The standard InChI is InChI=1S/C17H18ClN3O/c1-12-6-7-15-13(10-12)4-3-9-21(15)11-16(22)20-14-5-2-8-19-17(14)18/h2,5-8,10H,3-4,9,11H2,1H3,(H,20,22). The Labute approximate surface area is 135 Å². The van der Waals surface area contributed by atoms with Gasteiger partial charge in [-0.3, -0.25) is 4.79 Å². The molecule has 0 saturated carbocycles. The van der Waals surface area contributed by atoms with Crippen LogP contribution in [0.25, 0.3) is 0 Å². The smallest absolute Gasteiger partial charge is 0.243 e. The van der Waals surface area contributed by atoms with E-state index in [9.17, 15) is 4.79 Å². The van der Waals surface area contributed by atoms with E-state index in [0.717, 1.165) is 25.1 Å². The quantitative estimate of drug-likeness (QED) is 0.883. The maximum absolute atomic E-state index is 12.3. The molecule has 0 radical (unpaired) electrons. The molecule has 0 atom stereocenters. The first-order valence-corrected chi connectivity index (χ1v) is 7.76. The Morgan fingerprint density at radius 1 is 1.41 bits per heavy atom. The van der Waals surface area contributed by atoms with E-state index < -0.39 is 0 Å². The molecule has 0 unspecified atom stereocenters. The highest BCUT2D eigenvalue weighted by Gasteiger charge is 2.19. The lowest BCUT2D eigenvalue weighted by Gasteiger charge is -2.31. The second kappa shape index (κ2) is 6.36. The van der Waals surface area contributed by atoms with Crippen LogP contribution in [-0.2, 0) is 11.2 Å². The van der Waals surface area contributed by atoms with Gasteiger partial charge in [-0.2, -0.15) is 0 Å². The molecule has 5 heteroatoms. The summed E-state index contributed by atoms with van der Waals surface area (Å²) in [7, 11) is 0. The molecule has 0 saturated heterocycles. The van der Waals surface area contributed by atoms with Crippen molar-refractivity contribution in [2.24, 2.45) is 0 Å². The third kappa shape index (κ3) is 3.22. The van der Waals surface area contributed by atoms with Gasteiger partial charge in [0, 0.05) is 18.4 Å². The number of anilines is 2. The molecule has 0 fully saturated rings. The van der Waals surface area contributed by atoms with Crippen molar-refractivity contribution in [3.63, 3.8) is 0 Å². The maximum Gasteiger partial charge on any atom is 0.243 e. The van der Waals surface area contributed by atoms with Crippen molar-refractivity contribution < 1.29 is 4.79 Å². The highest BCUT2D eigenvalue weighted by atomic mass is 35.5. The summed E-state index contributed by atoms with van der Waals surface area (Å²) in [5.41, 5.74) is 4.28. The average Bonchev–Trinajstić information content (AvgIpc) is 2.49. The Morgan fingerprint density at radius 2 is 2.27 bits per heavy atom. The van der Waals surface area contributed by atoms with Crippen molar-refractivity contribution in [3.8, 4) is 0 Å². The number of hydrogen-bond donors (Lipinski definition) is 1. The van der Waals surface area contributed by atoms with Crippen LogP contribution in [0.3, 0.4) is 0 Å². The van der Waals surface area contributed by atoms with Crippen LogP contribution in [0.1, 0.15) is 17.5 Å². The molecule has 4 nitrogen and oxygen atoms in total. The molecule has 0 aliphatic carbocycles. The molecule has 2 aromatic rings. The van der Waals surface area contributed by atoms with Gasteiger partial charge >= 0.3 is 0 Å². The number of fused-ring (bicyclic) bond motifs is 1. The van der Waals surface area contributed by atoms with Gasteiger partial charge in [0.2, 0.25) is 5.91 Å². The Kier molecular flexibility index (Phi) is 4.29. The summed E-state index contributed by atoms with van der Waals surface area (Å²) in [5, 5.41) is 3.14. The minimum Gasteiger partial charge on any atom is -0.362 e. The van der Waals surface area contributed by atoms with Gasteiger partial charge in [0.1, 0.15) is 0 Å². The average molecular weight is 316 g/mol. The zero-order chi connectivity index (χ0) is 15.5. The zero-order valence-corrected chi connectivity index (χ0v) is 13.2. The van der Waals surface area contributed by atoms with Crippen molar-refractivity contribution in [2.45, 2.75) is 19.8 Å². The third-order valence-electron chi connectivity index (χ3n) is 3.82. The number of nitrogens with one attached hydrogen (secondary N) is 1. The topological polar surface area (TPSA) is 45.2 Å². The van der Waals surface area contributed by atoms with Crippen LogP contribution in [0.2, 0.25) is 5.15 Å². The van der Waals surface area contributed by atoms with Crippen LogP contribution < -0.4 is 10.2 Å². The van der Waals surface area contributed by atoms with Gasteiger partial charge in [0.15, 0.2) is 5.15 Å². The Balaban J connectivity index is 1.72. The van der Waals surface area contributed by atoms with Crippen molar-refractivity contribution in [1.29, 1.82) is 0 Å². The number of amides is 1. The number of pyridine rings is 1. The van der Waals surface area contributed by atoms with E-state index in [4.69, 9.17) is 11.6 Å². The van der Waals surface area contributed by atoms with E-state index in [1.165, 1.54) is 11.1 Å². The number of aromatic nitrogens is 1. The minimum absolute atomic E-state index is 0.0803. The van der Waals surface area contributed by atoms with Crippen LogP contribution in [0.5, 0.6) is 0 Å². The highest BCUT2D eigenvalue weighted by Crippen LogP contribution is 2.28. The molecule has 0 bridgehead atoms. The fraction of sp³-hybridized carbons (Fsp3) is 0.294. The van der Waals surface area contributed by atoms with Gasteiger partial charge < -0.3 is 10.2 Å². The molecular formula is C17H18ClN3O. The fourth-order valence-electron chi connectivity index (χ4n) is 2.81. The predicted octanol–water partition coefficient (Wildman–Crippen LogP) is 3.43. The summed E-state index contributed by atoms with van der Waals surface area (Å²) >= 11 is 5.97. The number of hydrogen-bond acceptors (Lipinski definition) is 3. The summed E-state index contributed by atoms with van der Waals surface area (Å²) < 4.78 is 0. The summed E-state index contributed by atoms with van der Waals surface area (Å²) in [6.45, 7) is 3.31. The second-order valence-corrected chi connectivity index (χ2v) is 5.91. The first kappa shape index (κ1) is 14.9. The Bertz CT molecular complexity index is 702. The van der Waals surface area contributed by atoms with Crippen molar-refractivity contribution in [1.82, 2.24) is 4.98 Å². The summed E-state index contributed by atoms with van der Waals surface area (Å²) in [6.07, 6.45) is 3.74. The van der Waals surface area contributed by atoms with E-state index in [-0.39, 0.29) is 5.91 Å². The van der Waals surface area contributed by atoms with Crippen molar-refractivity contribution >= 4 is 28.9 Å². The van der Waals surface area contributed by atoms with Gasteiger partial charge in [-0.15, -0.1) is 0 Å². The molecular weight excluding hydrogens is 298 g/mol. The number of carbonyl (C=O) groups is 1. The Hall–Kier alpha value is -2.07. The lowest BCUT2D eigenvalue weighted by atomic mass is 9.99. The van der Waals surface area contributed by atoms with Crippen LogP contribution in [0.15, 0.2) is 36.5 Å². The van der Waals surface area contributed by atoms with Gasteiger partial charge in [-0.25, -0.2) is 4.98 Å². The van der Waals surface area contributed by atoms with E-state index in [1.807, 2.05) is 0 Å². The largest absolute Gasteiger partial charge is 0.362 e. The Morgan fingerprint density at radius 3 is 3.09 bits per heavy atom. The van der Waals surface area contributed by atoms with Crippen LogP contribution in [0.4, 0.5) is 11.4 Å². The lowest BCUT2D eigenvalue weighted by molar-refractivity contribution is -0.115. The summed E-state index contributed by atoms with van der Waals surface area (Å²) in [5.74, 6) is -0.0803. The first-order chi connectivity index (χ1) is 10.6. The normalized spacial score (nSPS) is 13.6. The number of benzene rings is 1. The molecule has 22 heavy (non-hydrogen) atoms. The van der Waals surface area contributed by atoms with E-state index in [2.05, 4.69) is 40.3 Å². The number of aryl methyl sites for hydroxylation is 2. The van der Waals surface area contributed by atoms with E-state index in [1.54, 1.807) is 18.3 Å². The summed E-state index contributed by atoms with van der Waals surface area (Å²) in [6, 6.07) is 9.90. The fourth-order valence-corrected chi connectivity index (χ4v) is 2.98. The highest BCUT2D eigenvalue weighted by molar-refractivity contribution is 6.32. The molecule has 1 aromatic carbocycles. The van der Waals surface area contributed by atoms with Gasteiger partial charge in [0.25, 0.3) is 0 Å². The second-order valence-electron chi connectivity index (χ2n) is 5.55. The molecule has 114 valence electrons. The zero-order valence-electron chi connectivity index (χ0n) is 12.5. The third-order valence-corrected chi connectivity index (χ3v) is 4.12. The number of nitrogens with zero attached hydrogens (tertiary/aromatic N) is 2. The molecule has 1 N–H and O–H groups in total. The van der Waals surface area contributed by atoms with E-state index in [0.29, 0.717) is 17.4 Å². The van der Waals surface area contributed by atoms with E-state index >= 15 is 0 Å². The number of rotatable bonds is 3. The van der Waals surface area contributed by atoms with Gasteiger partial charge in [-0.05, 0) is 43.5 Å².